The van der Waals surface area contributed by atoms with Gasteiger partial charge in [-0.25, -0.2) is 9.97 Å². The van der Waals surface area contributed by atoms with Crippen LogP contribution in [0.1, 0.15) is 5.82 Å². The summed E-state index contributed by atoms with van der Waals surface area (Å²) in [5.41, 5.74) is 11.1. The van der Waals surface area contributed by atoms with Crippen LogP contribution in [0.4, 0.5) is 11.6 Å². The molecule has 0 aliphatic heterocycles. The van der Waals surface area contributed by atoms with Crippen molar-refractivity contribution >= 4 is 23.4 Å². The molecule has 0 spiro atoms. The highest BCUT2D eigenvalue weighted by atomic mass is 32.2. The van der Waals surface area contributed by atoms with Crippen molar-refractivity contribution in [2.45, 2.75) is 10.9 Å². The molecule has 2 rings (SSSR count). The van der Waals surface area contributed by atoms with Gasteiger partial charge in [-0.2, -0.15) is 4.80 Å². The Morgan fingerprint density at radius 3 is 2.56 bits per heavy atom. The van der Waals surface area contributed by atoms with Gasteiger partial charge in [0.25, 0.3) is 0 Å². The lowest BCUT2D eigenvalue weighted by Gasteiger charge is -2.00. The Morgan fingerprint density at radius 2 is 2.00 bits per heavy atom. The van der Waals surface area contributed by atoms with Crippen LogP contribution in [-0.4, -0.2) is 30.2 Å². The SMILES string of the molecule is Cn1nnc(CSc2nc(N)cc(N)n2)n1. The van der Waals surface area contributed by atoms with Crippen LogP contribution in [0.25, 0.3) is 0 Å². The second-order valence-electron chi connectivity index (χ2n) is 2.98. The fraction of sp³-hybridized carbons (Fsp3) is 0.286. The van der Waals surface area contributed by atoms with E-state index >= 15 is 0 Å². The van der Waals surface area contributed by atoms with Crippen molar-refractivity contribution in [2.75, 3.05) is 11.5 Å². The Labute approximate surface area is 95.4 Å². The summed E-state index contributed by atoms with van der Waals surface area (Å²) in [5.74, 6) is 1.83. The predicted octanol–water partition coefficient (Wildman–Crippen LogP) is -0.543. The van der Waals surface area contributed by atoms with E-state index in [-0.39, 0.29) is 0 Å². The molecule has 0 saturated carbocycles. The van der Waals surface area contributed by atoms with Crippen LogP contribution >= 0.6 is 11.8 Å². The van der Waals surface area contributed by atoms with Crippen LogP contribution in [-0.2, 0) is 12.8 Å². The van der Waals surface area contributed by atoms with E-state index < -0.39 is 0 Å². The molecule has 0 aromatic carbocycles. The fourth-order valence-corrected chi connectivity index (χ4v) is 1.75. The molecule has 2 aromatic heterocycles. The molecular weight excluding hydrogens is 228 g/mol. The Bertz CT molecular complexity index is 475. The highest BCUT2D eigenvalue weighted by molar-refractivity contribution is 7.98. The van der Waals surface area contributed by atoms with Gasteiger partial charge in [-0.05, 0) is 5.21 Å². The van der Waals surface area contributed by atoms with Gasteiger partial charge >= 0.3 is 0 Å². The van der Waals surface area contributed by atoms with Crippen LogP contribution < -0.4 is 11.5 Å². The summed E-state index contributed by atoms with van der Waals surface area (Å²) in [6.45, 7) is 0. The Kier molecular flexibility index (Phi) is 2.86. The van der Waals surface area contributed by atoms with Gasteiger partial charge in [0.15, 0.2) is 11.0 Å². The van der Waals surface area contributed by atoms with E-state index in [0.717, 1.165) is 0 Å². The van der Waals surface area contributed by atoms with Crippen LogP contribution in [0.2, 0.25) is 0 Å². The van der Waals surface area contributed by atoms with Crippen LogP contribution in [0.3, 0.4) is 0 Å². The predicted molar refractivity (Wildman–Crippen MR) is 59.2 cm³/mol. The highest BCUT2D eigenvalue weighted by Crippen LogP contribution is 2.18. The number of rotatable bonds is 3. The zero-order valence-corrected chi connectivity index (χ0v) is 9.35. The van der Waals surface area contributed by atoms with E-state index in [0.29, 0.717) is 28.4 Å². The van der Waals surface area contributed by atoms with E-state index in [2.05, 4.69) is 25.4 Å². The Balaban J connectivity index is 2.04. The van der Waals surface area contributed by atoms with E-state index in [1.165, 1.54) is 22.6 Å². The van der Waals surface area contributed by atoms with Crippen molar-refractivity contribution in [1.82, 2.24) is 30.2 Å². The van der Waals surface area contributed by atoms with Crippen molar-refractivity contribution in [1.29, 1.82) is 0 Å². The molecule has 0 atom stereocenters. The third-order valence-electron chi connectivity index (χ3n) is 1.63. The van der Waals surface area contributed by atoms with Gasteiger partial charge in [0.05, 0.1) is 12.8 Å². The fourth-order valence-electron chi connectivity index (χ4n) is 1.04. The summed E-state index contributed by atoms with van der Waals surface area (Å²) in [4.78, 5) is 9.44. The van der Waals surface area contributed by atoms with Crippen LogP contribution in [0.5, 0.6) is 0 Å². The van der Waals surface area contributed by atoms with E-state index in [1.807, 2.05) is 0 Å². The molecular formula is C7H10N8S. The molecule has 16 heavy (non-hydrogen) atoms. The maximum absolute atomic E-state index is 5.54. The van der Waals surface area contributed by atoms with Crippen molar-refractivity contribution in [3.05, 3.63) is 11.9 Å². The summed E-state index contributed by atoms with van der Waals surface area (Å²) < 4.78 is 0. The smallest absolute Gasteiger partial charge is 0.191 e. The number of anilines is 2. The van der Waals surface area contributed by atoms with Gasteiger partial charge in [-0.3, -0.25) is 0 Å². The molecule has 84 valence electrons. The van der Waals surface area contributed by atoms with E-state index in [4.69, 9.17) is 11.5 Å². The van der Waals surface area contributed by atoms with Gasteiger partial charge in [-0.15, -0.1) is 10.2 Å². The zero-order valence-electron chi connectivity index (χ0n) is 8.53. The lowest BCUT2D eigenvalue weighted by Crippen LogP contribution is -1.99. The molecule has 2 heterocycles. The number of hydrogen-bond acceptors (Lipinski definition) is 8. The second kappa shape index (κ2) is 4.31. The number of nitrogens with zero attached hydrogens (tertiary/aromatic N) is 6. The first-order valence-corrected chi connectivity index (χ1v) is 5.38. The normalized spacial score (nSPS) is 10.6. The second-order valence-corrected chi connectivity index (χ2v) is 3.93. The molecule has 0 aliphatic rings. The van der Waals surface area contributed by atoms with Gasteiger partial charge in [0.1, 0.15) is 11.6 Å². The monoisotopic (exact) mass is 238 g/mol. The maximum atomic E-state index is 5.54. The molecule has 4 N–H and O–H groups in total. The molecule has 0 amide bonds. The van der Waals surface area contributed by atoms with Crippen molar-refractivity contribution < 1.29 is 0 Å². The summed E-state index contributed by atoms with van der Waals surface area (Å²) >= 11 is 1.35. The molecule has 8 nitrogen and oxygen atoms in total. The minimum absolute atomic E-state index is 0.349. The number of thioether (sulfide) groups is 1. The number of aromatic nitrogens is 6. The Morgan fingerprint density at radius 1 is 1.31 bits per heavy atom. The number of nitrogen functional groups attached to an aromatic ring is 2. The average molecular weight is 238 g/mol. The molecule has 2 aromatic rings. The molecule has 0 radical (unpaired) electrons. The summed E-state index contributed by atoms with van der Waals surface area (Å²) in [5, 5.41) is 12.1. The zero-order chi connectivity index (χ0) is 11.5. The number of tetrazole rings is 1. The third kappa shape index (κ3) is 2.57. The summed E-state index contributed by atoms with van der Waals surface area (Å²) in [6.07, 6.45) is 0. The molecule has 9 heteroatoms. The van der Waals surface area contributed by atoms with Crippen LogP contribution in [0.15, 0.2) is 11.2 Å². The topological polar surface area (TPSA) is 121 Å². The van der Waals surface area contributed by atoms with Gasteiger partial charge in [-0.1, -0.05) is 11.8 Å². The quantitative estimate of drug-likeness (QED) is 0.540. The van der Waals surface area contributed by atoms with E-state index in [1.54, 1.807) is 7.05 Å². The maximum Gasteiger partial charge on any atom is 0.191 e. The molecule has 0 fully saturated rings. The van der Waals surface area contributed by atoms with Crippen molar-refractivity contribution in [2.24, 2.45) is 7.05 Å². The molecule has 0 bridgehead atoms. The lowest BCUT2D eigenvalue weighted by atomic mass is 10.5. The Hall–Kier alpha value is -1.90. The third-order valence-corrected chi connectivity index (χ3v) is 2.47. The lowest BCUT2D eigenvalue weighted by molar-refractivity contribution is 0.628. The van der Waals surface area contributed by atoms with E-state index in [9.17, 15) is 0 Å². The standard InChI is InChI=1S/C7H10N8S/c1-15-13-6(12-14-15)3-16-7-10-4(8)2-5(9)11-7/h2H,3H2,1H3,(H4,8,9,10,11). The van der Waals surface area contributed by atoms with Crippen LogP contribution in [0, 0.1) is 0 Å². The number of nitrogens with two attached hydrogens (primary N) is 2. The van der Waals surface area contributed by atoms with Crippen molar-refractivity contribution in [3.8, 4) is 0 Å². The van der Waals surface area contributed by atoms with Gasteiger partial charge in [0.2, 0.25) is 0 Å². The molecule has 0 saturated heterocycles. The average Bonchev–Trinajstić information content (AvgIpc) is 2.60. The molecule has 0 unspecified atom stereocenters. The molecule has 0 aliphatic carbocycles. The minimum Gasteiger partial charge on any atom is -0.383 e. The summed E-state index contributed by atoms with van der Waals surface area (Å²) in [6, 6.07) is 1.50. The van der Waals surface area contributed by atoms with Gasteiger partial charge in [0, 0.05) is 6.07 Å². The van der Waals surface area contributed by atoms with Crippen molar-refractivity contribution in [3.63, 3.8) is 0 Å². The first kappa shape index (κ1) is 10.6. The first-order chi connectivity index (χ1) is 7.63. The first-order valence-electron chi connectivity index (χ1n) is 4.39. The minimum atomic E-state index is 0.349. The summed E-state index contributed by atoms with van der Waals surface area (Å²) in [7, 11) is 1.70. The number of aryl methyl sites for hydroxylation is 1. The van der Waals surface area contributed by atoms with Gasteiger partial charge < -0.3 is 11.5 Å². The highest BCUT2D eigenvalue weighted by Gasteiger charge is 2.05. The largest absolute Gasteiger partial charge is 0.383 e. The number of hydrogen-bond donors (Lipinski definition) is 2.